The van der Waals surface area contributed by atoms with Crippen LogP contribution in [-0.2, 0) is 20.4 Å². The van der Waals surface area contributed by atoms with Gasteiger partial charge in [0.2, 0.25) is 8.32 Å². The van der Waals surface area contributed by atoms with Crippen molar-refractivity contribution in [2.75, 3.05) is 6.61 Å². The van der Waals surface area contributed by atoms with Crippen LogP contribution in [0.5, 0.6) is 0 Å². The van der Waals surface area contributed by atoms with E-state index in [2.05, 4.69) is 61.6 Å². The largest absolute Gasteiger partial charge is 0.549 e. The molecule has 0 spiro atoms. The zero-order valence-corrected chi connectivity index (χ0v) is 23.4. The van der Waals surface area contributed by atoms with Crippen LogP contribution in [0.3, 0.4) is 0 Å². The number of hydrogen-bond donors (Lipinski definition) is 0. The number of rotatable bonds is 10. The molecule has 0 N–H and O–H groups in total. The van der Waals surface area contributed by atoms with E-state index in [0.29, 0.717) is 12.3 Å². The lowest BCUT2D eigenvalue weighted by atomic mass is 9.90. The van der Waals surface area contributed by atoms with Crippen molar-refractivity contribution in [2.24, 2.45) is 17.8 Å². The van der Waals surface area contributed by atoms with Crippen LogP contribution in [0.15, 0.2) is 54.3 Å². The van der Waals surface area contributed by atoms with Crippen molar-refractivity contribution in [2.45, 2.75) is 79.1 Å². The first-order valence-corrected chi connectivity index (χ1v) is 15.2. The predicted octanol–water partition coefficient (Wildman–Crippen LogP) is 6.97. The molecule has 34 heavy (non-hydrogen) atoms. The third-order valence-electron chi connectivity index (χ3n) is 8.10. The van der Waals surface area contributed by atoms with E-state index in [0.717, 1.165) is 11.1 Å². The van der Waals surface area contributed by atoms with Crippen molar-refractivity contribution in [3.63, 3.8) is 0 Å². The van der Waals surface area contributed by atoms with Crippen LogP contribution in [0.1, 0.15) is 54.0 Å². The fourth-order valence-electron chi connectivity index (χ4n) is 3.86. The van der Waals surface area contributed by atoms with Crippen LogP contribution in [-0.4, -0.2) is 37.9 Å². The van der Waals surface area contributed by atoms with E-state index < -0.39 is 14.4 Å². The maximum absolute atomic E-state index is 12.9. The summed E-state index contributed by atoms with van der Waals surface area (Å²) in [5, 5.41) is 0.144. The monoisotopic (exact) mass is 485 g/mol. The van der Waals surface area contributed by atoms with Crippen molar-refractivity contribution in [1.82, 2.24) is 4.90 Å². The summed E-state index contributed by atoms with van der Waals surface area (Å²) in [5.74, 6) is 0.517. The molecule has 1 heterocycles. The first-order chi connectivity index (χ1) is 15.8. The summed E-state index contributed by atoms with van der Waals surface area (Å²) in [6.07, 6.45) is 5.35. The standard InChI is InChI=1S/C28H43NO4Si/c1-20(2)28(6,7)34(8,9)33-18-22(4)23(5)21(3)15-16-26(30)29-25(19-32-27(29)31)17-24-13-11-10-12-14-24/h10-16,18,20-21,23,25H,17,19H2,1-9H3/b16-15+,22-18-/t21-,23+,25+/m1/s1. The number of allylic oxidation sites excluding steroid dienone is 2. The van der Waals surface area contributed by atoms with E-state index in [-0.39, 0.29) is 35.4 Å². The molecule has 2 amide bonds. The Labute approximate surface area is 207 Å². The average Bonchev–Trinajstić information content (AvgIpc) is 3.15. The van der Waals surface area contributed by atoms with Crippen LogP contribution < -0.4 is 0 Å². The number of carbonyl (C=O) groups is 2. The molecule has 0 aliphatic carbocycles. The molecule has 1 aliphatic rings. The smallest absolute Gasteiger partial charge is 0.417 e. The van der Waals surface area contributed by atoms with Gasteiger partial charge in [-0.05, 0) is 66.4 Å². The molecule has 3 atom stereocenters. The van der Waals surface area contributed by atoms with Gasteiger partial charge in [-0.3, -0.25) is 4.79 Å². The molecule has 0 saturated carbocycles. The zero-order chi connectivity index (χ0) is 25.7. The van der Waals surface area contributed by atoms with Gasteiger partial charge in [0.1, 0.15) is 6.61 Å². The fourth-order valence-corrected chi connectivity index (χ4v) is 6.03. The summed E-state index contributed by atoms with van der Waals surface area (Å²) in [4.78, 5) is 26.4. The number of carbonyl (C=O) groups excluding carboxylic acids is 2. The minimum Gasteiger partial charge on any atom is -0.549 e. The van der Waals surface area contributed by atoms with Crippen LogP contribution >= 0.6 is 0 Å². The lowest BCUT2D eigenvalue weighted by molar-refractivity contribution is -0.124. The van der Waals surface area contributed by atoms with E-state index in [9.17, 15) is 9.59 Å². The topological polar surface area (TPSA) is 55.8 Å². The fraction of sp³-hybridized carbons (Fsp3) is 0.571. The summed E-state index contributed by atoms with van der Waals surface area (Å²) >= 11 is 0. The third-order valence-corrected chi connectivity index (χ3v) is 12.5. The molecular formula is C28H43NO4Si. The Hall–Kier alpha value is -2.34. The van der Waals surface area contributed by atoms with Crippen LogP contribution in [0.25, 0.3) is 0 Å². The minimum absolute atomic E-state index is 0.109. The molecule has 188 valence electrons. The van der Waals surface area contributed by atoms with E-state index in [1.807, 2.05) is 42.7 Å². The van der Waals surface area contributed by atoms with Gasteiger partial charge in [-0.1, -0.05) is 78.0 Å². The Morgan fingerprint density at radius 2 is 1.82 bits per heavy atom. The Bertz CT molecular complexity index is 904. The van der Waals surface area contributed by atoms with Crippen LogP contribution in [0, 0.1) is 17.8 Å². The quantitative estimate of drug-likeness (QED) is 0.204. The maximum Gasteiger partial charge on any atom is 0.417 e. The van der Waals surface area contributed by atoms with Crippen molar-refractivity contribution in [3.8, 4) is 0 Å². The van der Waals surface area contributed by atoms with Gasteiger partial charge >= 0.3 is 6.09 Å². The second kappa shape index (κ2) is 11.4. The Kier molecular flexibility index (Phi) is 9.35. The van der Waals surface area contributed by atoms with Gasteiger partial charge in [0, 0.05) is 0 Å². The van der Waals surface area contributed by atoms with Gasteiger partial charge < -0.3 is 9.16 Å². The number of benzene rings is 1. The van der Waals surface area contributed by atoms with Crippen LogP contribution in [0.2, 0.25) is 18.1 Å². The van der Waals surface area contributed by atoms with Crippen LogP contribution in [0.4, 0.5) is 4.79 Å². The van der Waals surface area contributed by atoms with E-state index in [4.69, 9.17) is 9.16 Å². The molecule has 0 bridgehead atoms. The SMILES string of the molecule is C/C(=C/O[Si](C)(C)C(C)(C)C(C)C)[C@@H](C)[C@H](C)/C=C/C(=O)N1C(=O)OC[C@@H]1Cc1ccccc1. The number of nitrogens with zero attached hydrogens (tertiary/aromatic N) is 1. The summed E-state index contributed by atoms with van der Waals surface area (Å²) in [6.45, 7) is 20.2. The molecule has 0 aromatic heterocycles. The van der Waals surface area contributed by atoms with Crippen molar-refractivity contribution in [1.29, 1.82) is 0 Å². The molecule has 1 saturated heterocycles. The highest BCUT2D eigenvalue weighted by Gasteiger charge is 2.44. The molecule has 1 aliphatic heterocycles. The number of imide groups is 1. The Morgan fingerprint density at radius 1 is 1.21 bits per heavy atom. The lowest BCUT2D eigenvalue weighted by Crippen LogP contribution is -2.44. The number of ether oxygens (including phenoxy) is 1. The van der Waals surface area contributed by atoms with E-state index in [1.54, 1.807) is 0 Å². The van der Waals surface area contributed by atoms with Crippen molar-refractivity contribution in [3.05, 3.63) is 59.9 Å². The first-order valence-electron chi connectivity index (χ1n) is 12.3. The van der Waals surface area contributed by atoms with Gasteiger partial charge in [0.05, 0.1) is 12.3 Å². The summed E-state index contributed by atoms with van der Waals surface area (Å²) in [5.41, 5.74) is 2.22. The number of amides is 2. The molecule has 1 aromatic carbocycles. The van der Waals surface area contributed by atoms with E-state index >= 15 is 0 Å². The lowest BCUT2D eigenvalue weighted by Gasteiger charge is -2.41. The summed E-state index contributed by atoms with van der Waals surface area (Å²) in [6, 6.07) is 9.56. The van der Waals surface area contributed by atoms with Gasteiger partial charge in [-0.25, -0.2) is 9.69 Å². The normalized spacial score (nSPS) is 19.5. The van der Waals surface area contributed by atoms with Crippen molar-refractivity contribution < 1.29 is 18.8 Å². The third kappa shape index (κ3) is 6.62. The van der Waals surface area contributed by atoms with Gasteiger partial charge in [0.15, 0.2) is 0 Å². The molecule has 2 rings (SSSR count). The molecule has 1 fully saturated rings. The number of cyclic esters (lactones) is 1. The molecule has 6 heteroatoms. The summed E-state index contributed by atoms with van der Waals surface area (Å²) in [7, 11) is -1.95. The predicted molar refractivity (Wildman–Crippen MR) is 141 cm³/mol. The minimum atomic E-state index is -1.95. The highest BCUT2D eigenvalue weighted by Crippen LogP contribution is 2.44. The molecule has 1 aromatic rings. The molecule has 0 unspecified atom stereocenters. The second-order valence-electron chi connectivity index (χ2n) is 11.0. The van der Waals surface area contributed by atoms with Gasteiger partial charge in [0.25, 0.3) is 5.91 Å². The molecule has 5 nitrogen and oxygen atoms in total. The highest BCUT2D eigenvalue weighted by molar-refractivity contribution is 6.74. The Balaban J connectivity index is 2.02. The van der Waals surface area contributed by atoms with Gasteiger partial charge in [-0.15, -0.1) is 0 Å². The second-order valence-corrected chi connectivity index (χ2v) is 15.5. The molecule has 0 radical (unpaired) electrons. The first kappa shape index (κ1) is 27.9. The van der Waals surface area contributed by atoms with E-state index in [1.165, 1.54) is 11.0 Å². The highest BCUT2D eigenvalue weighted by atomic mass is 28.4. The molecular weight excluding hydrogens is 442 g/mol. The number of hydrogen-bond acceptors (Lipinski definition) is 4. The average molecular weight is 486 g/mol. The van der Waals surface area contributed by atoms with Gasteiger partial charge in [-0.2, -0.15) is 0 Å². The zero-order valence-electron chi connectivity index (χ0n) is 22.4. The summed E-state index contributed by atoms with van der Waals surface area (Å²) < 4.78 is 11.6. The maximum atomic E-state index is 12.9. The Morgan fingerprint density at radius 3 is 2.41 bits per heavy atom. The van der Waals surface area contributed by atoms with Crippen molar-refractivity contribution >= 4 is 20.3 Å².